The standard InChI is InChI=1S/C24H34N8OS/c1-24(26)21(30-20-22(25)28-15-29-23(20)33-24)19-8-6-18(7-9-19)17-4-2-16(3-5-17)14-31-10-12-32(34-27)13-11-31/h6-9,15-17H,2-5,10-14,26-27H2,1H3,(H2,25,28,29). The van der Waals surface area contributed by atoms with Gasteiger partial charge in [0.25, 0.3) is 0 Å². The van der Waals surface area contributed by atoms with E-state index in [1.807, 2.05) is 0 Å². The van der Waals surface area contributed by atoms with Crippen LogP contribution in [0.4, 0.5) is 11.5 Å². The maximum absolute atomic E-state index is 6.44. The van der Waals surface area contributed by atoms with E-state index in [1.165, 1.54) is 56.3 Å². The van der Waals surface area contributed by atoms with Crippen molar-refractivity contribution in [3.05, 3.63) is 41.7 Å². The van der Waals surface area contributed by atoms with Gasteiger partial charge in [-0.1, -0.05) is 24.3 Å². The first-order chi connectivity index (χ1) is 16.4. The summed E-state index contributed by atoms with van der Waals surface area (Å²) in [6.07, 6.45) is 6.41. The first kappa shape index (κ1) is 23.5. The second-order valence-electron chi connectivity index (χ2n) is 9.76. The van der Waals surface area contributed by atoms with Crippen LogP contribution in [0.2, 0.25) is 0 Å². The second kappa shape index (κ2) is 9.79. The van der Waals surface area contributed by atoms with Gasteiger partial charge in [0.1, 0.15) is 12.0 Å². The van der Waals surface area contributed by atoms with Crippen LogP contribution in [0, 0.1) is 5.92 Å². The fourth-order valence-corrected chi connectivity index (χ4v) is 5.73. The molecule has 1 aromatic carbocycles. The van der Waals surface area contributed by atoms with E-state index in [2.05, 4.69) is 48.4 Å². The molecule has 3 heterocycles. The summed E-state index contributed by atoms with van der Waals surface area (Å²) in [5.41, 5.74) is 14.7. The number of ether oxygens (including phenoxy) is 1. The van der Waals surface area contributed by atoms with E-state index in [4.69, 9.17) is 21.3 Å². The Bertz CT molecular complexity index is 1030. The summed E-state index contributed by atoms with van der Waals surface area (Å²) in [5, 5.41) is 5.69. The fourth-order valence-electron chi connectivity index (χ4n) is 5.35. The summed E-state index contributed by atoms with van der Waals surface area (Å²) < 4.78 is 8.15. The smallest absolute Gasteiger partial charge is 0.247 e. The van der Waals surface area contributed by atoms with Gasteiger partial charge < -0.3 is 15.4 Å². The quantitative estimate of drug-likeness (QED) is 0.550. The fraction of sp³-hybridized carbons (Fsp3) is 0.542. The van der Waals surface area contributed by atoms with E-state index in [-0.39, 0.29) is 5.82 Å². The number of piperazine rings is 1. The number of rotatable bonds is 5. The zero-order chi connectivity index (χ0) is 23.7. The van der Waals surface area contributed by atoms with Crippen LogP contribution in [0.25, 0.3) is 0 Å². The van der Waals surface area contributed by atoms with Crippen molar-refractivity contribution >= 4 is 29.4 Å². The Balaban J connectivity index is 1.21. The van der Waals surface area contributed by atoms with Crippen molar-refractivity contribution in [1.29, 1.82) is 0 Å². The van der Waals surface area contributed by atoms with E-state index in [0.29, 0.717) is 23.2 Å². The highest BCUT2D eigenvalue weighted by Crippen LogP contribution is 2.39. The van der Waals surface area contributed by atoms with Crippen LogP contribution in [0.3, 0.4) is 0 Å². The van der Waals surface area contributed by atoms with Crippen molar-refractivity contribution in [2.24, 2.45) is 21.8 Å². The molecule has 0 bridgehead atoms. The molecule has 0 spiro atoms. The monoisotopic (exact) mass is 482 g/mol. The number of benzene rings is 1. The molecule has 2 fully saturated rings. The number of hydrogen-bond acceptors (Lipinski definition) is 10. The molecule has 2 aromatic rings. The molecule has 9 nitrogen and oxygen atoms in total. The number of anilines is 1. The molecular weight excluding hydrogens is 448 g/mol. The van der Waals surface area contributed by atoms with E-state index < -0.39 is 5.72 Å². The van der Waals surface area contributed by atoms with Crippen molar-refractivity contribution in [1.82, 2.24) is 19.2 Å². The third-order valence-electron chi connectivity index (χ3n) is 7.32. The highest BCUT2D eigenvalue weighted by molar-refractivity contribution is 7.94. The summed E-state index contributed by atoms with van der Waals surface area (Å²) in [5.74, 6) is 2.00. The van der Waals surface area contributed by atoms with Crippen LogP contribution in [0.1, 0.15) is 49.7 Å². The Labute approximate surface area is 205 Å². The number of aliphatic imine (C=N–C) groups is 1. The van der Waals surface area contributed by atoms with Crippen molar-refractivity contribution < 1.29 is 4.74 Å². The molecule has 0 radical (unpaired) electrons. The molecule has 3 aliphatic rings. The summed E-state index contributed by atoms with van der Waals surface area (Å²) in [7, 11) is 0. The van der Waals surface area contributed by atoms with Gasteiger partial charge in [0.15, 0.2) is 11.5 Å². The van der Waals surface area contributed by atoms with Gasteiger partial charge in [-0.3, -0.25) is 10.9 Å². The van der Waals surface area contributed by atoms with Crippen molar-refractivity contribution in [3.63, 3.8) is 0 Å². The molecular formula is C24H34N8OS. The van der Waals surface area contributed by atoms with E-state index in [0.717, 1.165) is 37.7 Å². The number of nitrogens with zero attached hydrogens (tertiary/aromatic N) is 5. The average Bonchev–Trinajstić information content (AvgIpc) is 2.84. The number of fused-ring (bicyclic) bond motifs is 1. The maximum atomic E-state index is 6.44. The lowest BCUT2D eigenvalue weighted by atomic mass is 9.78. The molecule has 1 aliphatic carbocycles. The Hall–Kier alpha value is -2.24. The Morgan fingerprint density at radius 2 is 1.76 bits per heavy atom. The average molecular weight is 483 g/mol. The van der Waals surface area contributed by atoms with Crippen LogP contribution in [-0.4, -0.2) is 63.3 Å². The number of aromatic nitrogens is 2. The van der Waals surface area contributed by atoms with Gasteiger partial charge in [-0.2, -0.15) is 4.98 Å². The largest absolute Gasteiger partial charge is 0.449 e. The topological polar surface area (TPSA) is 132 Å². The van der Waals surface area contributed by atoms with Crippen LogP contribution < -0.4 is 21.3 Å². The minimum absolute atomic E-state index is 0.284. The zero-order valence-corrected chi connectivity index (χ0v) is 20.5. The maximum Gasteiger partial charge on any atom is 0.247 e. The van der Waals surface area contributed by atoms with Crippen molar-refractivity contribution in [2.75, 3.05) is 38.5 Å². The van der Waals surface area contributed by atoms with Gasteiger partial charge >= 0.3 is 0 Å². The zero-order valence-electron chi connectivity index (χ0n) is 19.7. The first-order valence-electron chi connectivity index (χ1n) is 12.0. The lowest BCUT2D eigenvalue weighted by Crippen LogP contribution is -2.52. The van der Waals surface area contributed by atoms with Gasteiger partial charge in [-0.25, -0.2) is 14.3 Å². The van der Waals surface area contributed by atoms with Crippen molar-refractivity contribution in [2.45, 2.75) is 44.2 Å². The number of hydrogen-bond donors (Lipinski definition) is 3. The lowest BCUT2D eigenvalue weighted by molar-refractivity contribution is 0.151. The van der Waals surface area contributed by atoms with Crippen molar-refractivity contribution in [3.8, 4) is 5.88 Å². The molecule has 2 aliphatic heterocycles. The molecule has 5 rings (SSSR count). The summed E-state index contributed by atoms with van der Waals surface area (Å²) in [6, 6.07) is 8.61. The van der Waals surface area contributed by atoms with Crippen LogP contribution in [0.15, 0.2) is 35.6 Å². The Kier molecular flexibility index (Phi) is 6.76. The van der Waals surface area contributed by atoms with E-state index in [1.54, 1.807) is 6.92 Å². The molecule has 34 heavy (non-hydrogen) atoms. The van der Waals surface area contributed by atoms with E-state index >= 15 is 0 Å². The predicted octanol–water partition coefficient (Wildman–Crippen LogP) is 2.66. The minimum Gasteiger partial charge on any atom is -0.449 e. The van der Waals surface area contributed by atoms with Gasteiger partial charge in [-0.05, 0) is 50.0 Å². The van der Waals surface area contributed by atoms with Gasteiger partial charge in [0.05, 0.1) is 0 Å². The molecule has 1 unspecified atom stereocenters. The molecule has 1 aromatic heterocycles. The molecule has 10 heteroatoms. The minimum atomic E-state index is -1.10. The number of nitrogen functional groups attached to an aromatic ring is 1. The second-order valence-corrected chi connectivity index (χ2v) is 10.5. The van der Waals surface area contributed by atoms with Crippen LogP contribution >= 0.6 is 12.1 Å². The highest BCUT2D eigenvalue weighted by Gasteiger charge is 2.36. The summed E-state index contributed by atoms with van der Waals surface area (Å²) in [4.78, 5) is 15.4. The third kappa shape index (κ3) is 4.92. The predicted molar refractivity (Wildman–Crippen MR) is 137 cm³/mol. The molecule has 1 atom stereocenters. The van der Waals surface area contributed by atoms with Crippen LogP contribution in [-0.2, 0) is 0 Å². The molecule has 1 saturated carbocycles. The SMILES string of the molecule is CC1(N)Oc2ncnc(N)c2N=C1c1ccc(C2CCC(CN3CCN(SN)CC3)CC2)cc1. The van der Waals surface area contributed by atoms with Gasteiger partial charge in [0.2, 0.25) is 11.6 Å². The Morgan fingerprint density at radius 1 is 1.06 bits per heavy atom. The summed E-state index contributed by atoms with van der Waals surface area (Å²) in [6.45, 7) is 7.39. The molecule has 6 N–H and O–H groups in total. The molecule has 1 saturated heterocycles. The van der Waals surface area contributed by atoms with E-state index in [9.17, 15) is 0 Å². The first-order valence-corrected chi connectivity index (χ1v) is 12.9. The summed E-state index contributed by atoms with van der Waals surface area (Å²) >= 11 is 1.37. The normalized spacial score (nSPS) is 28.1. The molecule has 0 amide bonds. The van der Waals surface area contributed by atoms with Crippen LogP contribution in [0.5, 0.6) is 5.88 Å². The van der Waals surface area contributed by atoms with Gasteiger partial charge in [-0.15, -0.1) is 0 Å². The highest BCUT2D eigenvalue weighted by atomic mass is 32.2. The van der Waals surface area contributed by atoms with Gasteiger partial charge in [0, 0.05) is 50.4 Å². The lowest BCUT2D eigenvalue weighted by Gasteiger charge is -2.37. The third-order valence-corrected chi connectivity index (χ3v) is 7.98. The number of nitrogens with two attached hydrogens (primary N) is 3. The molecule has 182 valence electrons. The Morgan fingerprint density at radius 3 is 2.44 bits per heavy atom.